The Kier molecular flexibility index (Phi) is 3.87. The number of hydrogen-bond donors (Lipinski definition) is 0. The van der Waals surface area contributed by atoms with E-state index in [2.05, 4.69) is 69.3 Å². The van der Waals surface area contributed by atoms with Crippen molar-refractivity contribution in [2.45, 2.75) is 58.3 Å². The van der Waals surface area contributed by atoms with Crippen LogP contribution in [0.3, 0.4) is 0 Å². The minimum absolute atomic E-state index is 0.215. The molecule has 0 nitrogen and oxygen atoms in total. The van der Waals surface area contributed by atoms with Gasteiger partial charge in [0, 0.05) is 0 Å². The maximum absolute atomic E-state index is 2.51. The maximum atomic E-state index is 2.51. The summed E-state index contributed by atoms with van der Waals surface area (Å²) < 4.78 is 0. The molecule has 4 rings (SSSR count). The smallest absolute Gasteiger partial charge is 0.00548 e. The van der Waals surface area contributed by atoms with Crippen LogP contribution in [0, 0.1) is 5.92 Å². The molecule has 0 radical (unpaired) electrons. The summed E-state index contributed by atoms with van der Waals surface area (Å²) in [6, 6.07) is 16.0. The van der Waals surface area contributed by atoms with Gasteiger partial charge in [0.25, 0.3) is 0 Å². The van der Waals surface area contributed by atoms with Crippen molar-refractivity contribution in [1.29, 1.82) is 0 Å². The summed E-state index contributed by atoms with van der Waals surface area (Å²) in [5, 5.41) is 0. The predicted molar refractivity (Wildman–Crippen MR) is 104 cm³/mol. The Hall–Kier alpha value is -1.82. The minimum Gasteiger partial charge on any atom is -0.0621 e. The van der Waals surface area contributed by atoms with E-state index in [1.807, 2.05) is 0 Å². The number of fused-ring (bicyclic) bond motifs is 1. The Balaban J connectivity index is 1.69. The van der Waals surface area contributed by atoms with Crippen LogP contribution in [0.15, 0.2) is 48.0 Å². The van der Waals surface area contributed by atoms with Gasteiger partial charge in [0.2, 0.25) is 0 Å². The molecule has 0 bridgehead atoms. The molecule has 0 aromatic heterocycles. The third kappa shape index (κ3) is 2.83. The SMILES string of the molecule is CC(C)(C)c1ccc(-c2cccc3c2C=C(C2CCCC2)C3)cc1. The van der Waals surface area contributed by atoms with Crippen LogP contribution in [0.1, 0.15) is 63.1 Å². The molecule has 2 aromatic carbocycles. The summed E-state index contributed by atoms with van der Waals surface area (Å²) in [5.74, 6) is 0.841. The van der Waals surface area contributed by atoms with E-state index >= 15 is 0 Å². The zero-order chi connectivity index (χ0) is 16.7. The molecule has 0 amide bonds. The summed E-state index contributed by atoms with van der Waals surface area (Å²) in [4.78, 5) is 0. The molecule has 0 heteroatoms. The van der Waals surface area contributed by atoms with E-state index < -0.39 is 0 Å². The molecule has 0 heterocycles. The Morgan fingerprint density at radius 2 is 1.58 bits per heavy atom. The topological polar surface area (TPSA) is 0 Å². The first kappa shape index (κ1) is 15.7. The molecule has 0 spiro atoms. The highest BCUT2D eigenvalue weighted by molar-refractivity contribution is 5.81. The molecule has 0 N–H and O–H groups in total. The number of hydrogen-bond acceptors (Lipinski definition) is 0. The monoisotopic (exact) mass is 316 g/mol. The molecule has 2 aliphatic rings. The summed E-state index contributed by atoms with van der Waals surface area (Å²) in [7, 11) is 0. The first-order valence-electron chi connectivity index (χ1n) is 9.46. The Bertz CT molecular complexity index is 763. The van der Waals surface area contributed by atoms with Crippen LogP contribution in [0.5, 0.6) is 0 Å². The van der Waals surface area contributed by atoms with Crippen molar-refractivity contribution in [2.24, 2.45) is 5.92 Å². The van der Waals surface area contributed by atoms with Crippen molar-refractivity contribution in [2.75, 3.05) is 0 Å². The van der Waals surface area contributed by atoms with Gasteiger partial charge in [-0.3, -0.25) is 0 Å². The molecular formula is C24H28. The van der Waals surface area contributed by atoms with Gasteiger partial charge in [-0.1, -0.05) is 87.7 Å². The Morgan fingerprint density at radius 3 is 2.25 bits per heavy atom. The van der Waals surface area contributed by atoms with E-state index in [1.165, 1.54) is 59.9 Å². The van der Waals surface area contributed by atoms with Crippen LogP contribution >= 0.6 is 0 Å². The predicted octanol–water partition coefficient (Wildman–Crippen LogP) is 6.78. The van der Waals surface area contributed by atoms with Crippen LogP contribution in [-0.2, 0) is 11.8 Å². The average Bonchev–Trinajstić information content (AvgIpc) is 3.22. The highest BCUT2D eigenvalue weighted by Crippen LogP contribution is 2.41. The standard InChI is InChI=1S/C24H28/c1-24(2,3)21-13-11-18(12-14-21)22-10-6-9-19-15-20(16-23(19)22)17-7-4-5-8-17/h6,9-14,16-17H,4-5,7-8,15H2,1-3H3. The summed E-state index contributed by atoms with van der Waals surface area (Å²) >= 11 is 0. The lowest BCUT2D eigenvalue weighted by molar-refractivity contribution is 0.590. The lowest BCUT2D eigenvalue weighted by Crippen LogP contribution is -2.10. The fourth-order valence-corrected chi connectivity index (χ4v) is 4.35. The molecule has 0 atom stereocenters. The van der Waals surface area contributed by atoms with E-state index in [4.69, 9.17) is 0 Å². The molecule has 1 fully saturated rings. The van der Waals surface area contributed by atoms with Gasteiger partial charge in [-0.25, -0.2) is 0 Å². The van der Waals surface area contributed by atoms with E-state index in [1.54, 1.807) is 5.57 Å². The van der Waals surface area contributed by atoms with Gasteiger partial charge in [-0.2, -0.15) is 0 Å². The van der Waals surface area contributed by atoms with Crippen LogP contribution in [0.2, 0.25) is 0 Å². The van der Waals surface area contributed by atoms with E-state index in [0.29, 0.717) is 0 Å². The summed E-state index contributed by atoms with van der Waals surface area (Å²) in [6.07, 6.45) is 9.32. The largest absolute Gasteiger partial charge is 0.0621 e. The zero-order valence-corrected chi connectivity index (χ0v) is 15.2. The van der Waals surface area contributed by atoms with Gasteiger partial charge in [0.15, 0.2) is 0 Å². The molecule has 2 aromatic rings. The highest BCUT2D eigenvalue weighted by atomic mass is 14.3. The van der Waals surface area contributed by atoms with E-state index in [0.717, 1.165) is 5.92 Å². The van der Waals surface area contributed by atoms with Gasteiger partial charge in [0.05, 0.1) is 0 Å². The minimum atomic E-state index is 0.215. The van der Waals surface area contributed by atoms with Gasteiger partial charge in [0.1, 0.15) is 0 Å². The second-order valence-electron chi connectivity index (χ2n) is 8.58. The first-order valence-corrected chi connectivity index (χ1v) is 9.46. The van der Waals surface area contributed by atoms with Crippen LogP contribution < -0.4 is 0 Å². The van der Waals surface area contributed by atoms with Crippen LogP contribution in [-0.4, -0.2) is 0 Å². The van der Waals surface area contributed by atoms with Gasteiger partial charge in [-0.15, -0.1) is 0 Å². The highest BCUT2D eigenvalue weighted by Gasteiger charge is 2.25. The van der Waals surface area contributed by atoms with Crippen molar-refractivity contribution in [1.82, 2.24) is 0 Å². The van der Waals surface area contributed by atoms with Gasteiger partial charge in [-0.05, 0) is 58.4 Å². The van der Waals surface area contributed by atoms with Crippen molar-refractivity contribution in [3.05, 3.63) is 64.7 Å². The van der Waals surface area contributed by atoms with E-state index in [-0.39, 0.29) is 5.41 Å². The lowest BCUT2D eigenvalue weighted by atomic mass is 9.86. The number of rotatable bonds is 2. The van der Waals surface area contributed by atoms with E-state index in [9.17, 15) is 0 Å². The second-order valence-corrected chi connectivity index (χ2v) is 8.58. The van der Waals surface area contributed by atoms with Crippen molar-refractivity contribution in [3.8, 4) is 11.1 Å². The zero-order valence-electron chi connectivity index (χ0n) is 15.2. The van der Waals surface area contributed by atoms with Crippen molar-refractivity contribution < 1.29 is 0 Å². The number of benzene rings is 2. The van der Waals surface area contributed by atoms with Gasteiger partial charge >= 0.3 is 0 Å². The molecule has 124 valence electrons. The molecule has 24 heavy (non-hydrogen) atoms. The fourth-order valence-electron chi connectivity index (χ4n) is 4.35. The summed E-state index contributed by atoms with van der Waals surface area (Å²) in [6.45, 7) is 6.83. The molecule has 0 aliphatic heterocycles. The average molecular weight is 316 g/mol. The molecule has 2 aliphatic carbocycles. The third-order valence-corrected chi connectivity index (χ3v) is 5.86. The second kappa shape index (κ2) is 5.92. The van der Waals surface area contributed by atoms with Crippen molar-refractivity contribution in [3.63, 3.8) is 0 Å². The summed E-state index contributed by atoms with van der Waals surface area (Å²) in [5.41, 5.74) is 9.05. The Labute approximate surface area is 146 Å². The lowest BCUT2D eigenvalue weighted by Gasteiger charge is -2.19. The first-order chi connectivity index (χ1) is 11.5. The normalized spacial score (nSPS) is 17.9. The van der Waals surface area contributed by atoms with Crippen LogP contribution in [0.4, 0.5) is 0 Å². The number of allylic oxidation sites excluding steroid dienone is 1. The van der Waals surface area contributed by atoms with Crippen LogP contribution in [0.25, 0.3) is 17.2 Å². The van der Waals surface area contributed by atoms with Crippen molar-refractivity contribution >= 4 is 6.08 Å². The molecule has 0 saturated heterocycles. The maximum Gasteiger partial charge on any atom is -0.00548 e. The molecule has 0 unspecified atom stereocenters. The molecular weight excluding hydrogens is 288 g/mol. The quantitative estimate of drug-likeness (QED) is 0.572. The molecule has 1 saturated carbocycles. The third-order valence-electron chi connectivity index (χ3n) is 5.86. The Morgan fingerprint density at radius 1 is 0.875 bits per heavy atom. The van der Waals surface area contributed by atoms with Gasteiger partial charge < -0.3 is 0 Å². The fraction of sp³-hybridized carbons (Fsp3) is 0.417.